The molecule has 2 aliphatic rings. The average Bonchev–Trinajstić information content (AvgIpc) is 3.57. The minimum absolute atomic E-state index is 0.0287. The van der Waals surface area contributed by atoms with E-state index in [1.54, 1.807) is 11.1 Å². The second-order valence-corrected chi connectivity index (χ2v) is 9.58. The van der Waals surface area contributed by atoms with E-state index in [2.05, 4.69) is 16.9 Å². The second kappa shape index (κ2) is 12.5. The molecule has 2 unspecified atom stereocenters. The number of aliphatic hydroxyl groups excluding tert-OH is 1. The van der Waals surface area contributed by atoms with Crippen molar-refractivity contribution < 1.29 is 18.6 Å². The molecule has 2 fully saturated rings. The third kappa shape index (κ3) is 7.14. The lowest BCUT2D eigenvalue weighted by Gasteiger charge is -2.26. The summed E-state index contributed by atoms with van der Waals surface area (Å²) in [6.45, 7) is 2.47. The number of ether oxygens (including phenoxy) is 1. The van der Waals surface area contributed by atoms with Gasteiger partial charge in [-0.15, -0.1) is 0 Å². The molecule has 11 heteroatoms. The number of hydrogen-bond acceptors (Lipinski definition) is 9. The molecule has 2 atom stereocenters. The van der Waals surface area contributed by atoms with Crippen molar-refractivity contribution in [2.45, 2.75) is 68.7 Å². The molecule has 2 aromatic rings. The summed E-state index contributed by atoms with van der Waals surface area (Å²) < 4.78 is 30.6. The van der Waals surface area contributed by atoms with Crippen LogP contribution in [-0.4, -0.2) is 46.2 Å². The van der Waals surface area contributed by atoms with E-state index in [4.69, 9.17) is 27.2 Å². The number of hydrogen-bond donors (Lipinski definition) is 4. The number of nitrogen functional groups attached to an aromatic ring is 2. The van der Waals surface area contributed by atoms with Gasteiger partial charge in [-0.2, -0.15) is 0 Å². The first-order chi connectivity index (χ1) is 16.3. The number of benzene rings is 1. The maximum absolute atomic E-state index is 12.6. The van der Waals surface area contributed by atoms with E-state index < -0.39 is 11.6 Å². The molecule has 1 aromatic heterocycles. The van der Waals surface area contributed by atoms with E-state index >= 15 is 0 Å². The number of nitrogens with two attached hydrogens (primary N) is 3. The Morgan fingerprint density at radius 1 is 1.15 bits per heavy atom. The fourth-order valence-electron chi connectivity index (χ4n) is 3.81. The zero-order chi connectivity index (χ0) is 24.7. The quantitative estimate of drug-likeness (QED) is 0.178. The molecule has 8 nitrogen and oxygen atoms in total. The van der Waals surface area contributed by atoms with Gasteiger partial charge in [-0.25, -0.2) is 24.6 Å². The molecular formula is C23H34F2N6O2S. The monoisotopic (exact) mass is 496 g/mol. The topological polar surface area (TPSA) is 137 Å². The molecule has 0 aliphatic heterocycles. The molecule has 2 aliphatic carbocycles. The molecule has 0 amide bonds. The Labute approximate surface area is 203 Å². The lowest BCUT2D eigenvalue weighted by atomic mass is 10.1. The van der Waals surface area contributed by atoms with E-state index in [9.17, 15) is 8.78 Å². The maximum atomic E-state index is 12.6. The standard InChI is InChI=1S/C14H26N6O2S.C9H8F2/c1-2-7-23-14-18-12(16)11(15)13(19-14)20(17)9-3-4-10(8-9)22-6-5-21;10-8-4-3-7(5-9(8)11)6-1-2-6/h9-10,21H,2-8,15,17H2,1H3,(H2,16,18,19);3-6H,1-2H2. The molecule has 7 N–H and O–H groups in total. The summed E-state index contributed by atoms with van der Waals surface area (Å²) in [4.78, 5) is 8.67. The minimum Gasteiger partial charge on any atom is -0.394 e. The number of aromatic nitrogens is 2. The van der Waals surface area contributed by atoms with Gasteiger partial charge in [-0.3, -0.25) is 5.01 Å². The van der Waals surface area contributed by atoms with Gasteiger partial charge in [0.1, 0.15) is 5.69 Å². The lowest BCUT2D eigenvalue weighted by molar-refractivity contribution is 0.0322. The first kappa shape index (κ1) is 26.4. The summed E-state index contributed by atoms with van der Waals surface area (Å²) >= 11 is 1.54. The number of anilines is 3. The van der Waals surface area contributed by atoms with Gasteiger partial charge in [-0.1, -0.05) is 24.8 Å². The highest BCUT2D eigenvalue weighted by atomic mass is 32.2. The van der Waals surface area contributed by atoms with Gasteiger partial charge in [0.05, 0.1) is 19.3 Å². The average molecular weight is 497 g/mol. The molecule has 34 heavy (non-hydrogen) atoms. The Kier molecular flexibility index (Phi) is 9.69. The zero-order valence-corrected chi connectivity index (χ0v) is 20.2. The molecule has 2 saturated carbocycles. The first-order valence-electron chi connectivity index (χ1n) is 11.6. The fourth-order valence-corrected chi connectivity index (χ4v) is 4.51. The third-order valence-corrected chi connectivity index (χ3v) is 6.85. The molecule has 188 valence electrons. The van der Waals surface area contributed by atoms with Gasteiger partial charge in [0.2, 0.25) is 0 Å². The van der Waals surface area contributed by atoms with Crippen molar-refractivity contribution in [1.29, 1.82) is 0 Å². The summed E-state index contributed by atoms with van der Waals surface area (Å²) in [6, 6.07) is 4.24. The Morgan fingerprint density at radius 2 is 1.91 bits per heavy atom. The van der Waals surface area contributed by atoms with Crippen molar-refractivity contribution in [2.75, 3.05) is 35.4 Å². The van der Waals surface area contributed by atoms with Gasteiger partial charge in [-0.05, 0) is 62.1 Å². The Balaban J connectivity index is 0.000000243. The van der Waals surface area contributed by atoms with Crippen LogP contribution in [0, 0.1) is 11.6 Å². The Morgan fingerprint density at radius 3 is 2.56 bits per heavy atom. The summed E-state index contributed by atoms with van der Waals surface area (Å²) in [7, 11) is 0. The second-order valence-electron chi connectivity index (χ2n) is 8.52. The normalized spacial score (nSPS) is 19.6. The lowest BCUT2D eigenvalue weighted by Crippen LogP contribution is -2.41. The minimum atomic E-state index is -0.755. The van der Waals surface area contributed by atoms with Crippen LogP contribution in [0.15, 0.2) is 23.4 Å². The van der Waals surface area contributed by atoms with Crippen molar-refractivity contribution in [3.05, 3.63) is 35.4 Å². The highest BCUT2D eigenvalue weighted by Crippen LogP contribution is 2.40. The van der Waals surface area contributed by atoms with Gasteiger partial charge in [0.15, 0.2) is 28.4 Å². The van der Waals surface area contributed by atoms with Crippen molar-refractivity contribution in [3.63, 3.8) is 0 Å². The van der Waals surface area contributed by atoms with Crippen LogP contribution in [-0.2, 0) is 4.74 Å². The van der Waals surface area contributed by atoms with Crippen molar-refractivity contribution in [3.8, 4) is 0 Å². The predicted molar refractivity (Wildman–Crippen MR) is 131 cm³/mol. The SMILES string of the molecule is CCCSc1nc(N)c(N)c(N(N)C2CCC(OCCO)C2)n1.Fc1ccc(C2CC2)cc1F. The number of halogens is 2. The van der Waals surface area contributed by atoms with Crippen LogP contribution in [0.3, 0.4) is 0 Å². The summed E-state index contributed by atoms with van der Waals surface area (Å²) in [5.74, 6) is 6.91. The largest absolute Gasteiger partial charge is 0.394 e. The van der Waals surface area contributed by atoms with Crippen LogP contribution in [0.25, 0.3) is 0 Å². The van der Waals surface area contributed by atoms with Gasteiger partial charge in [0, 0.05) is 11.8 Å². The molecule has 4 rings (SSSR count). The molecule has 0 spiro atoms. The van der Waals surface area contributed by atoms with E-state index in [1.165, 1.54) is 23.9 Å². The number of aliphatic hydroxyl groups is 1. The third-order valence-electron chi connectivity index (χ3n) is 5.80. The van der Waals surface area contributed by atoms with Crippen molar-refractivity contribution >= 4 is 29.1 Å². The maximum Gasteiger partial charge on any atom is 0.191 e. The van der Waals surface area contributed by atoms with Gasteiger partial charge < -0.3 is 21.3 Å². The van der Waals surface area contributed by atoms with E-state index in [-0.39, 0.29) is 24.6 Å². The Bertz CT molecular complexity index is 950. The number of thioether (sulfide) groups is 1. The van der Waals surface area contributed by atoms with Gasteiger partial charge >= 0.3 is 0 Å². The van der Waals surface area contributed by atoms with E-state index in [0.717, 1.165) is 49.8 Å². The molecular weight excluding hydrogens is 462 g/mol. The molecule has 0 bridgehead atoms. The van der Waals surface area contributed by atoms with Crippen molar-refractivity contribution in [2.24, 2.45) is 5.84 Å². The molecule has 0 saturated heterocycles. The van der Waals surface area contributed by atoms with Crippen LogP contribution in [0.4, 0.5) is 26.1 Å². The van der Waals surface area contributed by atoms with Crippen LogP contribution >= 0.6 is 11.8 Å². The Hall–Kier alpha value is -2.21. The highest BCUT2D eigenvalue weighted by molar-refractivity contribution is 7.99. The highest BCUT2D eigenvalue weighted by Gasteiger charge is 2.31. The van der Waals surface area contributed by atoms with Gasteiger partial charge in [0.25, 0.3) is 0 Å². The van der Waals surface area contributed by atoms with Crippen LogP contribution in [0.1, 0.15) is 56.9 Å². The molecule has 1 heterocycles. The van der Waals surface area contributed by atoms with E-state index in [0.29, 0.717) is 29.2 Å². The summed E-state index contributed by atoms with van der Waals surface area (Å²) in [5.41, 5.74) is 13.2. The predicted octanol–water partition coefficient (Wildman–Crippen LogP) is 3.60. The van der Waals surface area contributed by atoms with Crippen LogP contribution < -0.4 is 22.3 Å². The summed E-state index contributed by atoms with van der Waals surface area (Å²) in [6.07, 6.45) is 5.91. The molecule has 1 aromatic carbocycles. The first-order valence-corrected chi connectivity index (χ1v) is 12.6. The zero-order valence-electron chi connectivity index (χ0n) is 19.4. The van der Waals surface area contributed by atoms with Crippen LogP contribution in [0.2, 0.25) is 0 Å². The van der Waals surface area contributed by atoms with E-state index in [1.807, 2.05) is 0 Å². The number of nitrogens with zero attached hydrogens (tertiary/aromatic N) is 3. The smallest absolute Gasteiger partial charge is 0.191 e. The van der Waals surface area contributed by atoms with Crippen molar-refractivity contribution in [1.82, 2.24) is 9.97 Å². The fraction of sp³-hybridized carbons (Fsp3) is 0.565. The molecule has 0 radical (unpaired) electrons. The van der Waals surface area contributed by atoms with Crippen LogP contribution in [0.5, 0.6) is 0 Å². The number of rotatable bonds is 9. The summed E-state index contributed by atoms with van der Waals surface area (Å²) in [5, 5.41) is 11.0. The number of hydrazine groups is 1.